The van der Waals surface area contributed by atoms with Crippen molar-refractivity contribution >= 4 is 38.4 Å². The fourth-order valence-corrected chi connectivity index (χ4v) is 3.42. The van der Waals surface area contributed by atoms with Crippen LogP contribution in [0.5, 0.6) is 11.5 Å². The lowest BCUT2D eigenvalue weighted by molar-refractivity contribution is 0.0381. The third kappa shape index (κ3) is 2.89. The Bertz CT molecular complexity index is 914. The van der Waals surface area contributed by atoms with Crippen LogP contribution >= 0.6 is 11.3 Å². The predicted octanol–water partition coefficient (Wildman–Crippen LogP) is 4.51. The van der Waals surface area contributed by atoms with Gasteiger partial charge in [-0.25, -0.2) is 9.78 Å². The largest absolute Gasteiger partial charge is 0.505 e. The number of aromatic hydroxyl groups is 1. The first-order chi connectivity index (χ1) is 11.4. The molecule has 3 rings (SSSR count). The average molecular weight is 345 g/mol. The van der Waals surface area contributed by atoms with Crippen LogP contribution in [0.25, 0.3) is 21.1 Å². The molecule has 0 radical (unpaired) electrons. The molecule has 24 heavy (non-hydrogen) atoms. The minimum atomic E-state index is -0.551. The zero-order valence-corrected chi connectivity index (χ0v) is 14.8. The number of hydrogen-bond acceptors (Lipinski definition) is 6. The Morgan fingerprint density at radius 1 is 1.17 bits per heavy atom. The van der Waals surface area contributed by atoms with Crippen LogP contribution in [-0.2, 0) is 4.74 Å². The molecule has 2 aromatic heterocycles. The van der Waals surface area contributed by atoms with Gasteiger partial charge in [-0.1, -0.05) is 12.1 Å². The van der Waals surface area contributed by atoms with Gasteiger partial charge in [-0.2, -0.15) is 0 Å². The quantitative estimate of drug-likeness (QED) is 0.705. The van der Waals surface area contributed by atoms with E-state index < -0.39 is 5.97 Å². The smallest absolute Gasteiger partial charge is 0.352 e. The van der Waals surface area contributed by atoms with Gasteiger partial charge < -0.3 is 14.6 Å². The molecule has 0 aliphatic heterocycles. The van der Waals surface area contributed by atoms with E-state index in [1.54, 1.807) is 13.8 Å². The molecule has 5 nitrogen and oxygen atoms in total. The number of hydrogen-bond donors (Lipinski definition) is 1. The van der Waals surface area contributed by atoms with Gasteiger partial charge in [0.2, 0.25) is 0 Å². The Kier molecular flexibility index (Phi) is 4.32. The number of aromatic nitrogens is 1. The third-order valence-electron chi connectivity index (χ3n) is 3.34. The molecular formula is C18H19NO4S. The first kappa shape index (κ1) is 16.5. The summed E-state index contributed by atoms with van der Waals surface area (Å²) >= 11 is 1.11. The summed E-state index contributed by atoms with van der Waals surface area (Å²) in [5, 5.41) is 11.9. The molecule has 6 heteroatoms. The zero-order valence-electron chi connectivity index (χ0n) is 14.0. The second-order valence-corrected chi connectivity index (χ2v) is 7.04. The number of thiophene rings is 1. The molecule has 1 aromatic carbocycles. The molecule has 0 saturated heterocycles. The van der Waals surface area contributed by atoms with E-state index in [1.807, 2.05) is 38.1 Å². The number of esters is 1. The lowest BCUT2D eigenvalue weighted by Crippen LogP contribution is -2.10. The van der Waals surface area contributed by atoms with E-state index in [0.29, 0.717) is 16.0 Å². The summed E-state index contributed by atoms with van der Waals surface area (Å²) in [4.78, 5) is 17.5. The number of ether oxygens (including phenoxy) is 2. The van der Waals surface area contributed by atoms with Gasteiger partial charge in [0.1, 0.15) is 10.6 Å². The maximum Gasteiger partial charge on any atom is 0.352 e. The summed E-state index contributed by atoms with van der Waals surface area (Å²) in [6.45, 7) is 7.36. The van der Waals surface area contributed by atoms with E-state index in [0.717, 1.165) is 22.2 Å². The van der Waals surface area contributed by atoms with E-state index in [2.05, 4.69) is 4.98 Å². The topological polar surface area (TPSA) is 68.7 Å². The highest BCUT2D eigenvalue weighted by atomic mass is 32.1. The molecule has 3 aromatic rings. The van der Waals surface area contributed by atoms with Crippen LogP contribution in [0.3, 0.4) is 0 Å². The van der Waals surface area contributed by atoms with Crippen LogP contribution in [0.1, 0.15) is 37.4 Å². The Hall–Kier alpha value is -2.34. The number of carbonyl (C=O) groups excluding carboxylic acids is 1. The highest BCUT2D eigenvalue weighted by molar-refractivity contribution is 7.21. The molecular weight excluding hydrogens is 326 g/mol. The minimum absolute atomic E-state index is 0.0793. The SMILES string of the molecule is CC(C)OC(=O)c1sc2nc3ccccc3c(OC(C)C)c2c1O. The van der Waals surface area contributed by atoms with Gasteiger partial charge >= 0.3 is 5.97 Å². The van der Waals surface area contributed by atoms with Gasteiger partial charge in [0, 0.05) is 5.39 Å². The number of carbonyl (C=O) groups is 1. The number of nitrogens with zero attached hydrogens (tertiary/aromatic N) is 1. The summed E-state index contributed by atoms with van der Waals surface area (Å²) in [6, 6.07) is 7.55. The molecule has 1 N–H and O–H groups in total. The third-order valence-corrected chi connectivity index (χ3v) is 4.40. The fraction of sp³-hybridized carbons (Fsp3) is 0.333. The molecule has 0 atom stereocenters. The van der Waals surface area contributed by atoms with Crippen LogP contribution in [-0.4, -0.2) is 28.3 Å². The second-order valence-electron chi connectivity index (χ2n) is 6.04. The first-order valence-corrected chi connectivity index (χ1v) is 8.62. The first-order valence-electron chi connectivity index (χ1n) is 7.80. The van der Waals surface area contributed by atoms with Crippen LogP contribution < -0.4 is 4.74 Å². The van der Waals surface area contributed by atoms with E-state index in [1.165, 1.54) is 0 Å². The maximum atomic E-state index is 12.2. The average Bonchev–Trinajstić information content (AvgIpc) is 2.83. The van der Waals surface area contributed by atoms with Gasteiger partial charge in [-0.05, 0) is 39.8 Å². The zero-order chi connectivity index (χ0) is 17.4. The van der Waals surface area contributed by atoms with Crippen LogP contribution in [0.4, 0.5) is 0 Å². The molecule has 0 bridgehead atoms. The number of fused-ring (bicyclic) bond motifs is 2. The standard InChI is InChI=1S/C18H19NO4S/c1-9(2)22-15-11-7-5-6-8-12(11)19-17-13(15)14(20)16(24-17)18(21)23-10(3)4/h5-10,20H,1-4H3. The number of pyridine rings is 1. The summed E-state index contributed by atoms with van der Waals surface area (Å²) in [5.41, 5.74) is 0.755. The lowest BCUT2D eigenvalue weighted by Gasteiger charge is -2.13. The van der Waals surface area contributed by atoms with E-state index in [4.69, 9.17) is 9.47 Å². The molecule has 126 valence electrons. The van der Waals surface area contributed by atoms with E-state index >= 15 is 0 Å². The van der Waals surface area contributed by atoms with Crippen molar-refractivity contribution in [3.05, 3.63) is 29.1 Å². The Labute approximate surface area is 143 Å². The summed E-state index contributed by atoms with van der Waals surface area (Å²) in [6.07, 6.45) is -0.343. The molecule has 0 fully saturated rings. The Balaban J connectivity index is 2.29. The summed E-state index contributed by atoms with van der Waals surface area (Å²) < 4.78 is 11.2. The van der Waals surface area contributed by atoms with Crippen molar-refractivity contribution < 1.29 is 19.4 Å². The molecule has 0 spiro atoms. The van der Waals surface area contributed by atoms with Gasteiger partial charge in [-0.15, -0.1) is 11.3 Å². The second kappa shape index (κ2) is 6.28. The molecule has 0 unspecified atom stereocenters. The Morgan fingerprint density at radius 3 is 2.54 bits per heavy atom. The highest BCUT2D eigenvalue weighted by Gasteiger charge is 2.25. The van der Waals surface area contributed by atoms with Gasteiger partial charge in [0.25, 0.3) is 0 Å². The van der Waals surface area contributed by atoms with E-state index in [-0.39, 0.29) is 22.8 Å². The van der Waals surface area contributed by atoms with Crippen molar-refractivity contribution in [2.75, 3.05) is 0 Å². The van der Waals surface area contributed by atoms with Gasteiger partial charge in [0.05, 0.1) is 23.1 Å². The molecule has 0 aliphatic rings. The monoisotopic (exact) mass is 345 g/mol. The fourth-order valence-electron chi connectivity index (χ4n) is 2.47. The minimum Gasteiger partial charge on any atom is -0.505 e. The Morgan fingerprint density at radius 2 is 1.88 bits per heavy atom. The van der Waals surface area contributed by atoms with Crippen molar-refractivity contribution in [2.45, 2.75) is 39.9 Å². The predicted molar refractivity (Wildman–Crippen MR) is 95.1 cm³/mol. The van der Waals surface area contributed by atoms with Crippen LogP contribution in [0, 0.1) is 0 Å². The highest BCUT2D eigenvalue weighted by Crippen LogP contribution is 2.45. The number of para-hydroxylation sites is 1. The lowest BCUT2D eigenvalue weighted by atomic mass is 10.1. The summed E-state index contributed by atoms with van der Waals surface area (Å²) in [5.74, 6) is -0.137. The normalized spacial score (nSPS) is 11.6. The van der Waals surface area contributed by atoms with Crippen LogP contribution in [0.2, 0.25) is 0 Å². The van der Waals surface area contributed by atoms with Crippen molar-refractivity contribution in [2.24, 2.45) is 0 Å². The van der Waals surface area contributed by atoms with Gasteiger partial charge in [0.15, 0.2) is 10.6 Å². The van der Waals surface area contributed by atoms with Crippen molar-refractivity contribution in [1.29, 1.82) is 0 Å². The maximum absolute atomic E-state index is 12.2. The molecule has 2 heterocycles. The van der Waals surface area contributed by atoms with Crippen LogP contribution in [0.15, 0.2) is 24.3 Å². The molecule has 0 aliphatic carbocycles. The van der Waals surface area contributed by atoms with Crippen molar-refractivity contribution in [3.63, 3.8) is 0 Å². The number of benzene rings is 1. The molecule has 0 saturated carbocycles. The van der Waals surface area contributed by atoms with Crippen molar-refractivity contribution in [3.8, 4) is 11.5 Å². The number of rotatable bonds is 4. The van der Waals surface area contributed by atoms with Gasteiger partial charge in [-0.3, -0.25) is 0 Å². The van der Waals surface area contributed by atoms with Crippen molar-refractivity contribution in [1.82, 2.24) is 4.98 Å². The molecule has 0 amide bonds. The van der Waals surface area contributed by atoms with E-state index in [9.17, 15) is 9.90 Å². The summed E-state index contributed by atoms with van der Waals surface area (Å²) in [7, 11) is 0.